The van der Waals surface area contributed by atoms with Crippen molar-refractivity contribution in [2.24, 2.45) is 5.73 Å². The molecule has 3 rings (SSSR count). The minimum Gasteiger partial charge on any atom is -0.475 e. The Bertz CT molecular complexity index is 1170. The van der Waals surface area contributed by atoms with Crippen molar-refractivity contribution in [1.29, 1.82) is 0 Å². The maximum absolute atomic E-state index is 12.7. The molecule has 33 heavy (non-hydrogen) atoms. The van der Waals surface area contributed by atoms with Crippen molar-refractivity contribution >= 4 is 17.3 Å². The molecule has 3 aromatic rings. The predicted octanol–water partition coefficient (Wildman–Crippen LogP) is 3.39. The van der Waals surface area contributed by atoms with E-state index >= 15 is 0 Å². The highest BCUT2D eigenvalue weighted by Gasteiger charge is 2.38. The lowest BCUT2D eigenvalue weighted by Crippen LogP contribution is -2.26. The largest absolute Gasteiger partial charge is 0.490 e. The van der Waals surface area contributed by atoms with Crippen LogP contribution in [0.25, 0.3) is 10.4 Å². The van der Waals surface area contributed by atoms with Crippen molar-refractivity contribution in [3.8, 4) is 10.4 Å². The summed E-state index contributed by atoms with van der Waals surface area (Å²) in [5.74, 6) is -2.76. The molecule has 0 saturated carbocycles. The van der Waals surface area contributed by atoms with E-state index in [1.807, 2.05) is 36.1 Å². The van der Waals surface area contributed by atoms with E-state index in [9.17, 15) is 26.7 Å². The average Bonchev–Trinajstić information content (AvgIpc) is 3.47. The van der Waals surface area contributed by atoms with Crippen LogP contribution in [0.1, 0.15) is 11.8 Å². The number of hydrogen-bond donors (Lipinski definition) is 2. The van der Waals surface area contributed by atoms with E-state index in [4.69, 9.17) is 15.6 Å². The number of imidazole rings is 1. The standard InChI is InChI=1S/C17H19F2N5OS.C2HF3O2/c1-2-24-10-13(8-21-24)15-4-3-14(26-15)11-23-6-5-22(17(23)25)9-12(7-20)16(18)19;3-2(4,5)1(6)7/h3-6,8,10H,2,7,9,11,20H2,1H3;(H,6,7). The first-order chi connectivity index (χ1) is 15.5. The van der Waals surface area contributed by atoms with Crippen molar-refractivity contribution in [3.05, 3.63) is 63.9 Å². The number of rotatable bonds is 7. The molecule has 14 heteroatoms. The van der Waals surface area contributed by atoms with Crippen LogP contribution in [0, 0.1) is 0 Å². The zero-order valence-corrected chi connectivity index (χ0v) is 18.0. The zero-order valence-electron chi connectivity index (χ0n) is 17.2. The molecular formula is C19H20F5N5O3S. The Balaban J connectivity index is 0.000000479. The van der Waals surface area contributed by atoms with Crippen LogP contribution >= 0.6 is 11.3 Å². The quantitative estimate of drug-likeness (QED) is 0.491. The summed E-state index contributed by atoms with van der Waals surface area (Å²) in [4.78, 5) is 23.3. The van der Waals surface area contributed by atoms with Gasteiger partial charge < -0.3 is 10.8 Å². The molecule has 0 bridgehead atoms. The molecule has 0 saturated heterocycles. The van der Waals surface area contributed by atoms with Crippen LogP contribution in [-0.2, 0) is 24.4 Å². The van der Waals surface area contributed by atoms with Crippen LogP contribution in [0.2, 0.25) is 0 Å². The molecule has 8 nitrogen and oxygen atoms in total. The van der Waals surface area contributed by atoms with E-state index in [0.29, 0.717) is 6.54 Å². The van der Waals surface area contributed by atoms with Gasteiger partial charge in [0.05, 0.1) is 19.3 Å². The zero-order chi connectivity index (χ0) is 24.8. The summed E-state index contributed by atoms with van der Waals surface area (Å²) in [7, 11) is 0. The van der Waals surface area contributed by atoms with Crippen molar-refractivity contribution in [2.75, 3.05) is 6.54 Å². The number of aliphatic carboxylic acids is 1. The van der Waals surface area contributed by atoms with E-state index in [1.165, 1.54) is 15.3 Å². The van der Waals surface area contributed by atoms with Crippen molar-refractivity contribution in [1.82, 2.24) is 18.9 Å². The third-order valence-electron chi connectivity index (χ3n) is 4.26. The number of hydrogen-bond acceptors (Lipinski definition) is 5. The van der Waals surface area contributed by atoms with Gasteiger partial charge in [0.2, 0.25) is 0 Å². The van der Waals surface area contributed by atoms with E-state index < -0.39 is 18.2 Å². The molecule has 180 valence electrons. The van der Waals surface area contributed by atoms with Crippen LogP contribution in [0.15, 0.2) is 53.4 Å². The molecule has 3 heterocycles. The van der Waals surface area contributed by atoms with Gasteiger partial charge >= 0.3 is 17.8 Å². The van der Waals surface area contributed by atoms with Gasteiger partial charge in [0.15, 0.2) is 0 Å². The summed E-state index contributed by atoms with van der Waals surface area (Å²) in [5.41, 5.74) is 5.76. The molecule has 0 atom stereocenters. The van der Waals surface area contributed by atoms with Gasteiger partial charge in [-0.15, -0.1) is 11.3 Å². The Morgan fingerprint density at radius 2 is 1.85 bits per heavy atom. The number of alkyl halides is 3. The third kappa shape index (κ3) is 7.12. The van der Waals surface area contributed by atoms with Crippen molar-refractivity contribution in [3.63, 3.8) is 0 Å². The first-order valence-electron chi connectivity index (χ1n) is 9.36. The van der Waals surface area contributed by atoms with Gasteiger partial charge in [-0.3, -0.25) is 13.8 Å². The van der Waals surface area contributed by atoms with Crippen molar-refractivity contribution in [2.45, 2.75) is 32.7 Å². The molecular weight excluding hydrogens is 473 g/mol. The molecule has 0 aromatic carbocycles. The first-order valence-corrected chi connectivity index (χ1v) is 10.2. The Kier molecular flexibility index (Phi) is 8.70. The predicted molar refractivity (Wildman–Crippen MR) is 111 cm³/mol. The Morgan fingerprint density at radius 1 is 1.21 bits per heavy atom. The second kappa shape index (κ2) is 11.0. The fraction of sp³-hybridized carbons (Fsp3) is 0.316. The van der Waals surface area contributed by atoms with E-state index in [2.05, 4.69) is 5.10 Å². The van der Waals surface area contributed by atoms with E-state index in [-0.39, 0.29) is 24.4 Å². The number of aryl methyl sites for hydroxylation is 1. The number of halogens is 5. The van der Waals surface area contributed by atoms with Gasteiger partial charge in [-0.1, -0.05) is 0 Å². The van der Waals surface area contributed by atoms with E-state index in [0.717, 1.165) is 21.9 Å². The lowest BCUT2D eigenvalue weighted by Gasteiger charge is -2.04. The fourth-order valence-electron chi connectivity index (χ4n) is 2.55. The lowest BCUT2D eigenvalue weighted by molar-refractivity contribution is -0.192. The second-order valence-electron chi connectivity index (χ2n) is 6.56. The average molecular weight is 493 g/mol. The van der Waals surface area contributed by atoms with Crippen LogP contribution in [0.3, 0.4) is 0 Å². The summed E-state index contributed by atoms with van der Waals surface area (Å²) in [6.07, 6.45) is -0.0251. The lowest BCUT2D eigenvalue weighted by atomic mass is 10.3. The van der Waals surface area contributed by atoms with Gasteiger partial charge in [0, 0.05) is 52.6 Å². The number of carboxylic acids is 1. The monoisotopic (exact) mass is 493 g/mol. The Morgan fingerprint density at radius 3 is 2.36 bits per heavy atom. The highest BCUT2D eigenvalue weighted by atomic mass is 32.1. The van der Waals surface area contributed by atoms with Crippen LogP contribution < -0.4 is 11.4 Å². The van der Waals surface area contributed by atoms with Gasteiger partial charge in [0.25, 0.3) is 6.08 Å². The normalized spacial score (nSPS) is 11.1. The summed E-state index contributed by atoms with van der Waals surface area (Å²) in [5, 5.41) is 11.4. The number of nitrogens with two attached hydrogens (primary N) is 1. The minimum absolute atomic E-state index is 0.198. The van der Waals surface area contributed by atoms with Crippen LogP contribution in [0.5, 0.6) is 0 Å². The van der Waals surface area contributed by atoms with Gasteiger partial charge in [0.1, 0.15) is 0 Å². The number of thiophene rings is 1. The van der Waals surface area contributed by atoms with Gasteiger partial charge in [-0.25, -0.2) is 9.59 Å². The summed E-state index contributed by atoms with van der Waals surface area (Å²) in [6.45, 7) is 2.74. The van der Waals surface area contributed by atoms with Crippen molar-refractivity contribution < 1.29 is 31.9 Å². The second-order valence-corrected chi connectivity index (χ2v) is 7.73. The first kappa shape index (κ1) is 26.0. The highest BCUT2D eigenvalue weighted by Crippen LogP contribution is 2.28. The molecule has 0 aliphatic rings. The third-order valence-corrected chi connectivity index (χ3v) is 5.38. The highest BCUT2D eigenvalue weighted by molar-refractivity contribution is 7.15. The molecule has 3 N–H and O–H groups in total. The summed E-state index contributed by atoms with van der Waals surface area (Å²) >= 11 is 1.57. The SMILES string of the molecule is CCn1cc(-c2ccc(Cn3ccn(CC(CN)=C(F)F)c3=O)s2)cn1.O=C(O)C(F)(F)F. The topological polar surface area (TPSA) is 108 Å². The van der Waals surface area contributed by atoms with Gasteiger partial charge in [-0.05, 0) is 19.1 Å². The molecule has 3 aromatic heterocycles. The molecule has 0 unspecified atom stereocenters. The number of nitrogens with zero attached hydrogens (tertiary/aromatic N) is 4. The summed E-state index contributed by atoms with van der Waals surface area (Å²) in [6, 6.07) is 3.95. The number of aromatic nitrogens is 4. The maximum Gasteiger partial charge on any atom is 0.490 e. The Hall–Kier alpha value is -3.26. The molecule has 0 aliphatic heterocycles. The summed E-state index contributed by atoms with van der Waals surface area (Å²) < 4.78 is 61.8. The minimum atomic E-state index is -5.08. The fourth-order valence-corrected chi connectivity index (χ4v) is 3.53. The smallest absolute Gasteiger partial charge is 0.475 e. The maximum atomic E-state index is 12.7. The molecule has 0 aliphatic carbocycles. The van der Waals surface area contributed by atoms with Gasteiger partial charge in [-0.2, -0.15) is 27.1 Å². The van der Waals surface area contributed by atoms with Crippen LogP contribution in [-0.4, -0.2) is 42.7 Å². The number of carboxylic acid groups (broad SMARTS) is 1. The molecule has 0 amide bonds. The molecule has 0 fully saturated rings. The Labute approximate surface area is 188 Å². The molecule has 0 radical (unpaired) electrons. The molecule has 0 spiro atoms. The number of carbonyl (C=O) groups is 1. The van der Waals surface area contributed by atoms with Crippen LogP contribution in [0.4, 0.5) is 22.0 Å². The van der Waals surface area contributed by atoms with E-state index in [1.54, 1.807) is 17.5 Å².